The molecule has 3 rings (SSSR count). The molecule has 1 N–H and O–H groups in total. The standard InChI is InChI=1S/C17H12Cl2N2OS/c1-10-5-2-3-8-14(10)20-17-21-16(22)15(23-17)9-11-12(18)6-4-7-13(11)19/h2-9H,1H3,(H,20,21,22). The molecule has 0 radical (unpaired) electrons. The summed E-state index contributed by atoms with van der Waals surface area (Å²) in [4.78, 5) is 17.1. The fraction of sp³-hybridized carbons (Fsp3) is 0.0588. The van der Waals surface area contributed by atoms with Crippen molar-refractivity contribution in [2.24, 2.45) is 4.99 Å². The fourth-order valence-electron chi connectivity index (χ4n) is 2.06. The third-order valence-corrected chi connectivity index (χ3v) is 4.83. The number of para-hydroxylation sites is 1. The molecule has 0 aromatic heterocycles. The number of nitrogens with zero attached hydrogens (tertiary/aromatic N) is 1. The number of hydrogen-bond acceptors (Lipinski definition) is 3. The van der Waals surface area contributed by atoms with Gasteiger partial charge in [-0.2, -0.15) is 0 Å². The van der Waals surface area contributed by atoms with Gasteiger partial charge in [-0.25, -0.2) is 4.99 Å². The van der Waals surface area contributed by atoms with Crippen molar-refractivity contribution in [2.45, 2.75) is 6.92 Å². The molecule has 0 aliphatic carbocycles. The SMILES string of the molecule is Cc1ccccc1N=C1NC(=O)C(=Cc2c(Cl)cccc2Cl)S1. The van der Waals surface area contributed by atoms with Gasteiger partial charge in [0.1, 0.15) is 0 Å². The topological polar surface area (TPSA) is 41.5 Å². The molecule has 1 fully saturated rings. The summed E-state index contributed by atoms with van der Waals surface area (Å²) in [6, 6.07) is 13.0. The second kappa shape index (κ2) is 6.79. The molecule has 1 saturated heterocycles. The minimum absolute atomic E-state index is 0.210. The predicted octanol–water partition coefficient (Wildman–Crippen LogP) is 5.19. The van der Waals surface area contributed by atoms with Crippen molar-refractivity contribution in [2.75, 3.05) is 0 Å². The molecular formula is C17H12Cl2N2OS. The zero-order chi connectivity index (χ0) is 16.4. The van der Waals surface area contributed by atoms with Crippen LogP contribution < -0.4 is 5.32 Å². The van der Waals surface area contributed by atoms with Crippen molar-refractivity contribution in [1.29, 1.82) is 0 Å². The molecule has 2 aromatic carbocycles. The maximum atomic E-state index is 12.1. The number of nitrogens with one attached hydrogen (secondary N) is 1. The lowest BCUT2D eigenvalue weighted by Gasteiger charge is -2.01. The van der Waals surface area contributed by atoms with Crippen LogP contribution in [0.5, 0.6) is 0 Å². The number of carbonyl (C=O) groups excluding carboxylic acids is 1. The van der Waals surface area contributed by atoms with Gasteiger partial charge in [0, 0.05) is 15.6 Å². The average Bonchev–Trinajstić information content (AvgIpc) is 2.85. The molecule has 1 aliphatic heterocycles. The number of benzene rings is 2. The Morgan fingerprint density at radius 2 is 1.78 bits per heavy atom. The Bertz CT molecular complexity index is 826. The zero-order valence-corrected chi connectivity index (χ0v) is 14.5. The van der Waals surface area contributed by atoms with Crippen molar-refractivity contribution in [3.63, 3.8) is 0 Å². The highest BCUT2D eigenvalue weighted by Gasteiger charge is 2.24. The molecule has 1 aliphatic rings. The number of amides is 1. The molecule has 0 spiro atoms. The van der Waals surface area contributed by atoms with E-state index < -0.39 is 0 Å². The Labute approximate surface area is 148 Å². The van der Waals surface area contributed by atoms with Crippen molar-refractivity contribution in [3.05, 3.63) is 68.5 Å². The monoisotopic (exact) mass is 362 g/mol. The molecule has 0 unspecified atom stereocenters. The second-order valence-electron chi connectivity index (χ2n) is 4.90. The van der Waals surface area contributed by atoms with Crippen LogP contribution in [-0.2, 0) is 4.79 Å². The van der Waals surface area contributed by atoms with Crippen molar-refractivity contribution >= 4 is 57.8 Å². The molecule has 0 atom stereocenters. The number of carbonyl (C=O) groups is 1. The van der Waals surface area contributed by atoms with E-state index in [1.54, 1.807) is 24.3 Å². The van der Waals surface area contributed by atoms with E-state index in [9.17, 15) is 4.79 Å². The van der Waals surface area contributed by atoms with Gasteiger partial charge in [0.2, 0.25) is 0 Å². The van der Waals surface area contributed by atoms with E-state index >= 15 is 0 Å². The largest absolute Gasteiger partial charge is 0.300 e. The van der Waals surface area contributed by atoms with Gasteiger partial charge < -0.3 is 5.32 Å². The van der Waals surface area contributed by atoms with Gasteiger partial charge in [-0.05, 0) is 48.5 Å². The van der Waals surface area contributed by atoms with E-state index in [-0.39, 0.29) is 5.91 Å². The molecule has 6 heteroatoms. The van der Waals surface area contributed by atoms with E-state index in [4.69, 9.17) is 23.2 Å². The molecular weight excluding hydrogens is 351 g/mol. The van der Waals surface area contributed by atoms with E-state index in [1.807, 2.05) is 31.2 Å². The average molecular weight is 363 g/mol. The number of aryl methyl sites for hydroxylation is 1. The minimum atomic E-state index is -0.210. The highest BCUT2D eigenvalue weighted by molar-refractivity contribution is 8.18. The van der Waals surface area contributed by atoms with Crippen molar-refractivity contribution < 1.29 is 4.79 Å². The van der Waals surface area contributed by atoms with E-state index in [0.29, 0.717) is 25.7 Å². The van der Waals surface area contributed by atoms with E-state index in [0.717, 1.165) is 11.3 Å². The summed E-state index contributed by atoms with van der Waals surface area (Å²) in [5.74, 6) is -0.210. The van der Waals surface area contributed by atoms with Crippen LogP contribution in [-0.4, -0.2) is 11.1 Å². The molecule has 3 nitrogen and oxygen atoms in total. The first-order valence-corrected chi connectivity index (χ1v) is 8.41. The summed E-state index contributed by atoms with van der Waals surface area (Å²) in [6.45, 7) is 1.97. The number of rotatable bonds is 2. The molecule has 0 saturated carbocycles. The first-order valence-electron chi connectivity index (χ1n) is 6.84. The first-order chi connectivity index (χ1) is 11.0. The van der Waals surface area contributed by atoms with Gasteiger partial charge in [0.05, 0.1) is 10.6 Å². The van der Waals surface area contributed by atoms with Crippen LogP contribution in [0.4, 0.5) is 5.69 Å². The van der Waals surface area contributed by atoms with Crippen LogP contribution in [0.25, 0.3) is 6.08 Å². The van der Waals surface area contributed by atoms with Gasteiger partial charge in [-0.3, -0.25) is 4.79 Å². The summed E-state index contributed by atoms with van der Waals surface area (Å²) in [6.07, 6.45) is 1.69. The Kier molecular flexibility index (Phi) is 4.76. The third kappa shape index (κ3) is 3.61. The Morgan fingerprint density at radius 1 is 1.09 bits per heavy atom. The highest BCUT2D eigenvalue weighted by Crippen LogP contribution is 2.33. The Balaban J connectivity index is 1.91. The summed E-state index contributed by atoms with van der Waals surface area (Å²) in [7, 11) is 0. The first kappa shape index (κ1) is 16.1. The summed E-state index contributed by atoms with van der Waals surface area (Å²) < 4.78 is 0. The lowest BCUT2D eigenvalue weighted by Crippen LogP contribution is -2.19. The Morgan fingerprint density at radius 3 is 2.48 bits per heavy atom. The summed E-state index contributed by atoms with van der Waals surface area (Å²) in [5, 5.41) is 4.30. The van der Waals surface area contributed by atoms with Gasteiger partial charge in [0.25, 0.3) is 5.91 Å². The molecule has 0 bridgehead atoms. The molecule has 23 heavy (non-hydrogen) atoms. The third-order valence-electron chi connectivity index (χ3n) is 3.26. The fourth-order valence-corrected chi connectivity index (χ4v) is 3.38. The molecule has 116 valence electrons. The zero-order valence-electron chi connectivity index (χ0n) is 12.1. The van der Waals surface area contributed by atoms with Gasteiger partial charge in [0.15, 0.2) is 5.17 Å². The number of amidine groups is 1. The van der Waals surface area contributed by atoms with Crippen molar-refractivity contribution in [3.8, 4) is 0 Å². The molecule has 1 amide bonds. The van der Waals surface area contributed by atoms with Crippen LogP contribution in [0.15, 0.2) is 52.4 Å². The number of hydrogen-bond donors (Lipinski definition) is 1. The quantitative estimate of drug-likeness (QED) is 0.746. The van der Waals surface area contributed by atoms with E-state index in [1.165, 1.54) is 11.8 Å². The van der Waals surface area contributed by atoms with Crippen LogP contribution in [0.2, 0.25) is 10.0 Å². The highest BCUT2D eigenvalue weighted by atomic mass is 35.5. The Hall–Kier alpha value is -1.75. The maximum Gasteiger partial charge on any atom is 0.264 e. The number of aliphatic imine (C=N–C) groups is 1. The smallest absolute Gasteiger partial charge is 0.264 e. The van der Waals surface area contributed by atoms with Crippen molar-refractivity contribution in [1.82, 2.24) is 5.32 Å². The second-order valence-corrected chi connectivity index (χ2v) is 6.75. The lowest BCUT2D eigenvalue weighted by molar-refractivity contribution is -0.115. The van der Waals surface area contributed by atoms with E-state index in [2.05, 4.69) is 10.3 Å². The molecule has 1 heterocycles. The summed E-state index contributed by atoms with van der Waals surface area (Å²) >= 11 is 13.6. The normalized spacial score (nSPS) is 17.8. The van der Waals surface area contributed by atoms with Crippen LogP contribution in [0.1, 0.15) is 11.1 Å². The summed E-state index contributed by atoms with van der Waals surface area (Å²) in [5.41, 5.74) is 2.50. The van der Waals surface area contributed by atoms with Gasteiger partial charge in [-0.15, -0.1) is 0 Å². The van der Waals surface area contributed by atoms with Crippen LogP contribution >= 0.6 is 35.0 Å². The predicted molar refractivity (Wildman–Crippen MR) is 98.4 cm³/mol. The van der Waals surface area contributed by atoms with Gasteiger partial charge in [-0.1, -0.05) is 47.5 Å². The minimum Gasteiger partial charge on any atom is -0.300 e. The maximum absolute atomic E-state index is 12.1. The number of thioether (sulfide) groups is 1. The van der Waals surface area contributed by atoms with Crippen LogP contribution in [0.3, 0.4) is 0 Å². The lowest BCUT2D eigenvalue weighted by atomic mass is 10.2. The van der Waals surface area contributed by atoms with Crippen LogP contribution in [0, 0.1) is 6.92 Å². The number of halogens is 2. The van der Waals surface area contributed by atoms with Gasteiger partial charge >= 0.3 is 0 Å². The molecule has 2 aromatic rings.